The minimum absolute atomic E-state index is 0.0686. The summed E-state index contributed by atoms with van der Waals surface area (Å²) < 4.78 is 0.735. The molecule has 0 N–H and O–H groups in total. The average Bonchev–Trinajstić information content (AvgIpc) is 2.51. The van der Waals surface area contributed by atoms with Gasteiger partial charge in [-0.1, -0.05) is 49.2 Å². The summed E-state index contributed by atoms with van der Waals surface area (Å²) in [7, 11) is 0. The second-order valence-electron chi connectivity index (χ2n) is 4.75. The molecule has 2 aromatic carbocycles. The summed E-state index contributed by atoms with van der Waals surface area (Å²) in [5, 5.41) is 0.458. The molecule has 0 aromatic heterocycles. The smallest absolute Gasteiger partial charge is 0.259 e. The van der Waals surface area contributed by atoms with Crippen molar-refractivity contribution in [3.63, 3.8) is 0 Å². The summed E-state index contributed by atoms with van der Waals surface area (Å²) >= 11 is 9.63. The lowest BCUT2D eigenvalue weighted by atomic mass is 10.1. The van der Waals surface area contributed by atoms with Crippen LogP contribution in [0.5, 0.6) is 0 Å². The Labute approximate surface area is 138 Å². The lowest BCUT2D eigenvalue weighted by Crippen LogP contribution is -2.32. The van der Waals surface area contributed by atoms with E-state index < -0.39 is 0 Å². The van der Waals surface area contributed by atoms with Crippen molar-refractivity contribution >= 4 is 39.1 Å². The second-order valence-corrected chi connectivity index (χ2v) is 5.98. The Bertz CT molecular complexity index is 615. The van der Waals surface area contributed by atoms with E-state index in [0.29, 0.717) is 17.1 Å². The molecule has 0 atom stereocenters. The van der Waals surface area contributed by atoms with Crippen LogP contribution >= 0.6 is 27.5 Å². The SMILES string of the molecule is CCCCN(C(=O)c1cccc(Br)c1Cl)c1ccccc1. The van der Waals surface area contributed by atoms with Crippen LogP contribution in [0.3, 0.4) is 0 Å². The fraction of sp³-hybridized carbons (Fsp3) is 0.235. The molecule has 0 aliphatic rings. The average molecular weight is 367 g/mol. The highest BCUT2D eigenvalue weighted by atomic mass is 79.9. The quantitative estimate of drug-likeness (QED) is 0.679. The van der Waals surface area contributed by atoms with E-state index in [1.807, 2.05) is 42.5 Å². The number of nitrogens with zero attached hydrogens (tertiary/aromatic N) is 1. The van der Waals surface area contributed by atoms with Gasteiger partial charge in [-0.25, -0.2) is 0 Å². The molecule has 0 radical (unpaired) electrons. The van der Waals surface area contributed by atoms with E-state index >= 15 is 0 Å². The molecule has 2 rings (SSSR count). The Morgan fingerprint density at radius 2 is 1.86 bits per heavy atom. The third-order valence-electron chi connectivity index (χ3n) is 3.23. The number of unbranched alkanes of at least 4 members (excludes halogenated alkanes) is 1. The van der Waals surface area contributed by atoms with Crippen LogP contribution < -0.4 is 4.90 Å². The van der Waals surface area contributed by atoms with E-state index in [9.17, 15) is 4.79 Å². The van der Waals surface area contributed by atoms with Crippen molar-refractivity contribution in [1.29, 1.82) is 0 Å². The minimum Gasteiger partial charge on any atom is -0.308 e. The zero-order valence-corrected chi connectivity index (χ0v) is 14.2. The van der Waals surface area contributed by atoms with Crippen LogP contribution in [0, 0.1) is 0 Å². The molecule has 4 heteroatoms. The number of hydrogen-bond donors (Lipinski definition) is 0. The number of para-hydroxylation sites is 1. The van der Waals surface area contributed by atoms with Crippen molar-refractivity contribution in [2.24, 2.45) is 0 Å². The molecule has 0 unspecified atom stereocenters. The first-order valence-corrected chi connectivity index (χ1v) is 8.13. The number of benzene rings is 2. The Kier molecular flexibility index (Phi) is 5.83. The van der Waals surface area contributed by atoms with Crippen molar-refractivity contribution in [2.75, 3.05) is 11.4 Å². The maximum atomic E-state index is 12.8. The number of carbonyl (C=O) groups excluding carboxylic acids is 1. The number of rotatable bonds is 5. The third kappa shape index (κ3) is 3.86. The van der Waals surface area contributed by atoms with Crippen LogP contribution in [0.25, 0.3) is 0 Å². The molecule has 0 aliphatic carbocycles. The predicted octanol–water partition coefficient (Wildman–Crippen LogP) is 5.55. The van der Waals surface area contributed by atoms with Gasteiger partial charge in [0, 0.05) is 16.7 Å². The highest BCUT2D eigenvalue weighted by Crippen LogP contribution is 2.28. The highest BCUT2D eigenvalue weighted by Gasteiger charge is 2.20. The largest absolute Gasteiger partial charge is 0.308 e. The zero-order valence-electron chi connectivity index (χ0n) is 11.9. The molecule has 0 spiro atoms. The van der Waals surface area contributed by atoms with Gasteiger partial charge >= 0.3 is 0 Å². The first-order valence-electron chi connectivity index (χ1n) is 6.96. The third-order valence-corrected chi connectivity index (χ3v) is 4.53. The lowest BCUT2D eigenvalue weighted by molar-refractivity contribution is 0.0986. The maximum Gasteiger partial charge on any atom is 0.259 e. The van der Waals surface area contributed by atoms with E-state index in [4.69, 9.17) is 11.6 Å². The summed E-state index contributed by atoms with van der Waals surface area (Å²) in [5.41, 5.74) is 1.41. The Morgan fingerprint density at radius 3 is 2.52 bits per heavy atom. The first-order chi connectivity index (χ1) is 10.1. The lowest BCUT2D eigenvalue weighted by Gasteiger charge is -2.23. The van der Waals surface area contributed by atoms with Gasteiger partial charge in [-0.2, -0.15) is 0 Å². The van der Waals surface area contributed by atoms with Gasteiger partial charge in [0.1, 0.15) is 0 Å². The molecule has 110 valence electrons. The van der Waals surface area contributed by atoms with Gasteiger partial charge in [-0.3, -0.25) is 4.79 Å². The van der Waals surface area contributed by atoms with Crippen molar-refractivity contribution < 1.29 is 4.79 Å². The minimum atomic E-state index is -0.0686. The van der Waals surface area contributed by atoms with Crippen LogP contribution in [-0.2, 0) is 0 Å². The standard InChI is InChI=1S/C17H17BrClNO/c1-2-3-12-20(13-8-5-4-6-9-13)17(21)14-10-7-11-15(18)16(14)19/h4-11H,2-3,12H2,1H3. The molecule has 0 saturated heterocycles. The molecule has 0 bridgehead atoms. The summed E-state index contributed by atoms with van der Waals surface area (Å²) in [4.78, 5) is 14.6. The first kappa shape index (κ1) is 16.1. The molecule has 0 heterocycles. The highest BCUT2D eigenvalue weighted by molar-refractivity contribution is 9.10. The van der Waals surface area contributed by atoms with Gasteiger partial charge in [-0.05, 0) is 46.6 Å². The van der Waals surface area contributed by atoms with Crippen LogP contribution in [0.2, 0.25) is 5.02 Å². The van der Waals surface area contributed by atoms with Crippen molar-refractivity contribution in [1.82, 2.24) is 0 Å². The monoisotopic (exact) mass is 365 g/mol. The van der Waals surface area contributed by atoms with Gasteiger partial charge in [0.25, 0.3) is 5.91 Å². The van der Waals surface area contributed by atoms with Gasteiger partial charge in [0.15, 0.2) is 0 Å². The summed E-state index contributed by atoms with van der Waals surface area (Å²) in [6, 6.07) is 15.1. The van der Waals surface area contributed by atoms with Crippen LogP contribution in [0.15, 0.2) is 53.0 Å². The van der Waals surface area contributed by atoms with Crippen LogP contribution in [0.4, 0.5) is 5.69 Å². The Balaban J connectivity index is 2.36. The van der Waals surface area contributed by atoms with Gasteiger partial charge in [-0.15, -0.1) is 0 Å². The van der Waals surface area contributed by atoms with Crippen molar-refractivity contribution in [3.8, 4) is 0 Å². The van der Waals surface area contributed by atoms with E-state index in [1.165, 1.54) is 0 Å². The fourth-order valence-electron chi connectivity index (χ4n) is 2.09. The number of halogens is 2. The molecule has 0 fully saturated rings. The van der Waals surface area contributed by atoms with Gasteiger partial charge < -0.3 is 4.90 Å². The summed E-state index contributed by atoms with van der Waals surface area (Å²) in [6.07, 6.45) is 1.98. The number of anilines is 1. The van der Waals surface area contributed by atoms with E-state index in [2.05, 4.69) is 22.9 Å². The summed E-state index contributed by atoms with van der Waals surface area (Å²) in [6.45, 7) is 2.79. The van der Waals surface area contributed by atoms with E-state index in [-0.39, 0.29) is 5.91 Å². The molecule has 21 heavy (non-hydrogen) atoms. The fourth-order valence-corrected chi connectivity index (χ4v) is 2.66. The second kappa shape index (κ2) is 7.62. The number of amides is 1. The van der Waals surface area contributed by atoms with E-state index in [0.717, 1.165) is 23.0 Å². The topological polar surface area (TPSA) is 20.3 Å². The molecular weight excluding hydrogens is 350 g/mol. The molecule has 2 aromatic rings. The van der Waals surface area contributed by atoms with Crippen LogP contribution in [0.1, 0.15) is 30.1 Å². The molecular formula is C17H17BrClNO. The van der Waals surface area contributed by atoms with Crippen molar-refractivity contribution in [2.45, 2.75) is 19.8 Å². The van der Waals surface area contributed by atoms with Crippen molar-refractivity contribution in [3.05, 3.63) is 63.6 Å². The Morgan fingerprint density at radius 1 is 1.14 bits per heavy atom. The molecule has 0 aliphatic heterocycles. The van der Waals surface area contributed by atoms with E-state index in [1.54, 1.807) is 11.0 Å². The molecule has 0 saturated carbocycles. The van der Waals surface area contributed by atoms with Gasteiger partial charge in [0.2, 0.25) is 0 Å². The summed E-state index contributed by atoms with van der Waals surface area (Å²) in [5.74, 6) is -0.0686. The maximum absolute atomic E-state index is 12.8. The number of hydrogen-bond acceptors (Lipinski definition) is 1. The van der Waals surface area contributed by atoms with Crippen LogP contribution in [-0.4, -0.2) is 12.5 Å². The molecule has 1 amide bonds. The number of carbonyl (C=O) groups is 1. The zero-order chi connectivity index (χ0) is 15.2. The normalized spacial score (nSPS) is 10.4. The van der Waals surface area contributed by atoms with Gasteiger partial charge in [0.05, 0.1) is 10.6 Å². The Hall–Kier alpha value is -1.32. The molecule has 2 nitrogen and oxygen atoms in total. The predicted molar refractivity (Wildman–Crippen MR) is 92.2 cm³/mol.